The van der Waals surface area contributed by atoms with Crippen molar-refractivity contribution in [3.63, 3.8) is 0 Å². The van der Waals surface area contributed by atoms with Gasteiger partial charge in [-0.2, -0.15) is 4.98 Å². The fourth-order valence-corrected chi connectivity index (χ4v) is 1.35. The van der Waals surface area contributed by atoms with Crippen LogP contribution in [0.4, 0.5) is 0 Å². The zero-order valence-electron chi connectivity index (χ0n) is 8.71. The molecule has 2 rings (SSSR count). The van der Waals surface area contributed by atoms with Crippen molar-refractivity contribution in [2.45, 2.75) is 12.5 Å². The molecule has 1 atom stereocenters. The summed E-state index contributed by atoms with van der Waals surface area (Å²) in [6, 6.07) is 9.81. The van der Waals surface area contributed by atoms with E-state index in [0.29, 0.717) is 12.2 Å². The Balaban J connectivity index is 2.09. The van der Waals surface area contributed by atoms with Gasteiger partial charge in [-0.25, -0.2) is 0 Å². The first-order valence-electron chi connectivity index (χ1n) is 5.04. The number of nitrogens with zero attached hydrogens (tertiary/aromatic N) is 2. The van der Waals surface area contributed by atoms with E-state index in [2.05, 4.69) is 10.1 Å². The Kier molecular flexibility index (Phi) is 3.28. The number of hydrogen-bond acceptors (Lipinski definition) is 5. The normalized spacial score (nSPS) is 12.6. The molecule has 0 fully saturated rings. The second kappa shape index (κ2) is 4.87. The van der Waals surface area contributed by atoms with Crippen molar-refractivity contribution >= 4 is 0 Å². The van der Waals surface area contributed by atoms with Crippen molar-refractivity contribution in [3.05, 3.63) is 47.6 Å². The van der Waals surface area contributed by atoms with E-state index in [0.717, 1.165) is 5.56 Å². The first-order chi connectivity index (χ1) is 7.79. The van der Waals surface area contributed by atoms with Crippen molar-refractivity contribution in [3.8, 4) is 0 Å². The van der Waals surface area contributed by atoms with Crippen LogP contribution in [0.2, 0.25) is 0 Å². The fourth-order valence-electron chi connectivity index (χ4n) is 1.35. The summed E-state index contributed by atoms with van der Waals surface area (Å²) in [6.45, 7) is 0.0764. The molecule has 16 heavy (non-hydrogen) atoms. The Morgan fingerprint density at radius 1 is 1.31 bits per heavy atom. The van der Waals surface area contributed by atoms with E-state index in [1.165, 1.54) is 0 Å². The highest BCUT2D eigenvalue weighted by Crippen LogP contribution is 2.11. The van der Waals surface area contributed by atoms with Gasteiger partial charge in [0.1, 0.15) is 6.10 Å². The maximum atomic E-state index is 9.39. The molecule has 0 aliphatic rings. The third kappa shape index (κ3) is 2.44. The third-order valence-corrected chi connectivity index (χ3v) is 2.20. The van der Waals surface area contributed by atoms with Crippen molar-refractivity contribution < 1.29 is 9.63 Å². The number of aromatic nitrogens is 2. The van der Waals surface area contributed by atoms with Gasteiger partial charge in [-0.05, 0) is 5.56 Å². The van der Waals surface area contributed by atoms with Gasteiger partial charge in [0.05, 0.1) is 0 Å². The molecule has 0 amide bonds. The van der Waals surface area contributed by atoms with Gasteiger partial charge in [-0.1, -0.05) is 35.5 Å². The average Bonchev–Trinajstić information content (AvgIpc) is 2.78. The van der Waals surface area contributed by atoms with Gasteiger partial charge in [0.2, 0.25) is 0 Å². The van der Waals surface area contributed by atoms with Crippen LogP contribution in [-0.2, 0) is 6.42 Å². The van der Waals surface area contributed by atoms with Crippen LogP contribution in [0.25, 0.3) is 0 Å². The molecule has 5 nitrogen and oxygen atoms in total. The van der Waals surface area contributed by atoms with Gasteiger partial charge < -0.3 is 15.4 Å². The van der Waals surface area contributed by atoms with Crippen LogP contribution in [0.15, 0.2) is 34.9 Å². The number of hydrogen-bond donors (Lipinski definition) is 2. The van der Waals surface area contributed by atoms with Crippen molar-refractivity contribution in [1.29, 1.82) is 0 Å². The van der Waals surface area contributed by atoms with E-state index in [9.17, 15) is 5.11 Å². The number of rotatable bonds is 4. The topological polar surface area (TPSA) is 85.2 Å². The molecule has 1 heterocycles. The minimum Gasteiger partial charge on any atom is -0.382 e. The maximum Gasteiger partial charge on any atom is 0.256 e. The molecular weight excluding hydrogens is 206 g/mol. The van der Waals surface area contributed by atoms with Crippen LogP contribution in [0.3, 0.4) is 0 Å². The molecule has 3 N–H and O–H groups in total. The van der Waals surface area contributed by atoms with Crippen LogP contribution in [-0.4, -0.2) is 21.8 Å². The fraction of sp³-hybridized carbons (Fsp3) is 0.273. The predicted molar refractivity (Wildman–Crippen MR) is 57.6 cm³/mol. The van der Waals surface area contributed by atoms with E-state index < -0.39 is 6.10 Å². The molecule has 0 saturated carbocycles. The lowest BCUT2D eigenvalue weighted by Crippen LogP contribution is -2.11. The molecule has 0 bridgehead atoms. The Hall–Kier alpha value is -1.72. The molecule has 0 aliphatic carbocycles. The van der Waals surface area contributed by atoms with E-state index >= 15 is 0 Å². The highest BCUT2D eigenvalue weighted by molar-refractivity contribution is 5.18. The number of nitrogens with two attached hydrogens (primary N) is 1. The Labute approximate surface area is 92.9 Å². The molecule has 0 unspecified atom stereocenters. The molecule has 0 aliphatic heterocycles. The quantitative estimate of drug-likeness (QED) is 0.788. The lowest BCUT2D eigenvalue weighted by molar-refractivity contribution is 0.141. The Morgan fingerprint density at radius 2 is 2.06 bits per heavy atom. The summed E-state index contributed by atoms with van der Waals surface area (Å²) >= 11 is 0. The van der Waals surface area contributed by atoms with Crippen molar-refractivity contribution in [1.82, 2.24) is 10.1 Å². The summed E-state index contributed by atoms with van der Waals surface area (Å²) in [6.07, 6.45) is -0.293. The molecular formula is C11H13N3O2. The first kappa shape index (κ1) is 10.8. The summed E-state index contributed by atoms with van der Waals surface area (Å²) in [5.41, 5.74) is 6.38. The van der Waals surface area contributed by atoms with Gasteiger partial charge in [0.25, 0.3) is 5.89 Å². The first-order valence-corrected chi connectivity index (χ1v) is 5.04. The average molecular weight is 219 g/mol. The minimum absolute atomic E-state index is 0.0764. The van der Waals surface area contributed by atoms with Crippen LogP contribution in [0.1, 0.15) is 23.4 Å². The van der Waals surface area contributed by atoms with E-state index in [1.807, 2.05) is 30.3 Å². The summed E-state index contributed by atoms with van der Waals surface area (Å²) in [4.78, 5) is 4.07. The SMILES string of the molecule is NC[C@H](O)c1nc(Cc2ccccc2)no1. The molecule has 1 aromatic heterocycles. The van der Waals surface area contributed by atoms with Crippen LogP contribution >= 0.6 is 0 Å². The molecule has 84 valence electrons. The predicted octanol–water partition coefficient (Wildman–Crippen LogP) is 0.652. The van der Waals surface area contributed by atoms with Gasteiger partial charge in [0.15, 0.2) is 5.82 Å². The van der Waals surface area contributed by atoms with Gasteiger partial charge in [0, 0.05) is 13.0 Å². The van der Waals surface area contributed by atoms with Crippen LogP contribution in [0, 0.1) is 0 Å². The van der Waals surface area contributed by atoms with Gasteiger partial charge in [-0.3, -0.25) is 0 Å². The Bertz CT molecular complexity index is 442. The zero-order chi connectivity index (χ0) is 11.4. The van der Waals surface area contributed by atoms with Gasteiger partial charge >= 0.3 is 0 Å². The standard InChI is InChI=1S/C11H13N3O2/c12-7-9(15)11-13-10(14-16-11)6-8-4-2-1-3-5-8/h1-5,9,15H,6-7,12H2/t9-/m0/s1. The molecule has 5 heteroatoms. The van der Waals surface area contributed by atoms with Gasteiger partial charge in [-0.15, -0.1) is 0 Å². The maximum absolute atomic E-state index is 9.39. The highest BCUT2D eigenvalue weighted by atomic mass is 16.5. The Morgan fingerprint density at radius 3 is 2.75 bits per heavy atom. The number of aliphatic hydroxyl groups is 1. The molecule has 1 aromatic carbocycles. The second-order valence-electron chi connectivity index (χ2n) is 3.46. The second-order valence-corrected chi connectivity index (χ2v) is 3.46. The molecule has 0 spiro atoms. The molecule has 2 aromatic rings. The monoisotopic (exact) mass is 219 g/mol. The van der Waals surface area contributed by atoms with E-state index in [1.54, 1.807) is 0 Å². The van der Waals surface area contributed by atoms with Crippen LogP contribution in [0.5, 0.6) is 0 Å². The summed E-state index contributed by atoms with van der Waals surface area (Å²) in [5, 5.41) is 13.2. The van der Waals surface area contributed by atoms with Crippen LogP contribution < -0.4 is 5.73 Å². The zero-order valence-corrected chi connectivity index (χ0v) is 8.71. The van der Waals surface area contributed by atoms with E-state index in [-0.39, 0.29) is 12.4 Å². The summed E-state index contributed by atoms with van der Waals surface area (Å²) < 4.78 is 4.90. The number of benzene rings is 1. The molecule has 0 saturated heterocycles. The molecule has 0 radical (unpaired) electrons. The smallest absolute Gasteiger partial charge is 0.256 e. The highest BCUT2D eigenvalue weighted by Gasteiger charge is 2.14. The minimum atomic E-state index is -0.878. The lowest BCUT2D eigenvalue weighted by atomic mass is 10.1. The summed E-state index contributed by atoms with van der Waals surface area (Å²) in [7, 11) is 0. The van der Waals surface area contributed by atoms with Crippen molar-refractivity contribution in [2.75, 3.05) is 6.54 Å². The lowest BCUT2D eigenvalue weighted by Gasteiger charge is -1.98. The largest absolute Gasteiger partial charge is 0.382 e. The third-order valence-electron chi connectivity index (χ3n) is 2.20. The van der Waals surface area contributed by atoms with E-state index in [4.69, 9.17) is 10.3 Å². The van der Waals surface area contributed by atoms with Crippen molar-refractivity contribution in [2.24, 2.45) is 5.73 Å². The summed E-state index contributed by atoms with van der Waals surface area (Å²) in [5.74, 6) is 0.724. The number of aliphatic hydroxyl groups excluding tert-OH is 1.